The zero-order chi connectivity index (χ0) is 18.4. The molecule has 1 aliphatic rings. The van der Waals surface area contributed by atoms with Crippen LogP contribution in [-0.2, 0) is 0 Å². The lowest BCUT2D eigenvalue weighted by Gasteiger charge is -2.31. The minimum atomic E-state index is -0.0453. The summed E-state index contributed by atoms with van der Waals surface area (Å²) < 4.78 is 5.44. The predicted octanol–water partition coefficient (Wildman–Crippen LogP) is 4.97. The summed E-state index contributed by atoms with van der Waals surface area (Å²) in [6.45, 7) is 1.63. The number of carbonyl (C=O) groups excluding carboxylic acids is 1. The van der Waals surface area contributed by atoms with E-state index in [1.165, 1.54) is 5.75 Å². The van der Waals surface area contributed by atoms with Gasteiger partial charge in [0.2, 0.25) is 0 Å². The number of ether oxygens (including phenoxy) is 1. The van der Waals surface area contributed by atoms with Crippen LogP contribution in [0.3, 0.4) is 0 Å². The number of urea groups is 1. The molecule has 1 heterocycles. The summed E-state index contributed by atoms with van der Waals surface area (Å²) in [5.74, 6) is 2.59. The molecule has 0 bridgehead atoms. The van der Waals surface area contributed by atoms with E-state index in [0.29, 0.717) is 11.4 Å². The van der Waals surface area contributed by atoms with Crippen molar-refractivity contribution in [2.45, 2.75) is 12.8 Å². The molecule has 1 fully saturated rings. The Morgan fingerprint density at radius 2 is 1.88 bits per heavy atom. The molecule has 4 nitrogen and oxygen atoms in total. The monoisotopic (exact) mass is 370 g/mol. The third kappa shape index (κ3) is 4.52. The first-order chi connectivity index (χ1) is 12.7. The van der Waals surface area contributed by atoms with E-state index in [-0.39, 0.29) is 6.03 Å². The molecule has 1 aliphatic heterocycles. The van der Waals surface area contributed by atoms with Crippen LogP contribution < -0.4 is 10.1 Å². The second kappa shape index (κ2) is 8.99. The van der Waals surface area contributed by atoms with E-state index in [0.717, 1.165) is 43.0 Å². The maximum atomic E-state index is 12.7. The van der Waals surface area contributed by atoms with Crippen molar-refractivity contribution in [2.24, 2.45) is 5.92 Å². The maximum Gasteiger partial charge on any atom is 0.321 e. The summed E-state index contributed by atoms with van der Waals surface area (Å²) in [6, 6.07) is 16.0. The van der Waals surface area contributed by atoms with Gasteiger partial charge in [-0.05, 0) is 54.0 Å². The molecule has 0 aromatic heterocycles. The minimum absolute atomic E-state index is 0.0453. The Labute approximate surface area is 159 Å². The number of amides is 2. The van der Waals surface area contributed by atoms with Crippen LogP contribution in [0, 0.1) is 5.92 Å². The van der Waals surface area contributed by atoms with Gasteiger partial charge in [0.15, 0.2) is 0 Å². The van der Waals surface area contributed by atoms with Gasteiger partial charge in [-0.15, -0.1) is 0 Å². The standard InChI is InChI=1S/C21H26N2O2S/c1-25-20-9-8-18(17-6-4-3-5-7-17)14-19(20)22-21(24)23-12-10-16(11-13-23)15-26-2/h3-9,14,16H,10-13,15H2,1-2H3,(H,22,24). The molecule has 1 N–H and O–H groups in total. The smallest absolute Gasteiger partial charge is 0.321 e. The Balaban J connectivity index is 1.71. The number of carbonyl (C=O) groups is 1. The van der Waals surface area contributed by atoms with Gasteiger partial charge in [-0.3, -0.25) is 0 Å². The Morgan fingerprint density at radius 1 is 1.15 bits per heavy atom. The number of benzene rings is 2. The van der Waals surface area contributed by atoms with Gasteiger partial charge in [-0.2, -0.15) is 11.8 Å². The Kier molecular flexibility index (Phi) is 6.45. The summed E-state index contributed by atoms with van der Waals surface area (Å²) in [7, 11) is 1.63. The number of nitrogens with zero attached hydrogens (tertiary/aromatic N) is 1. The van der Waals surface area contributed by atoms with Crippen LogP contribution >= 0.6 is 11.8 Å². The average Bonchev–Trinajstić information content (AvgIpc) is 2.69. The summed E-state index contributed by atoms with van der Waals surface area (Å²) in [5, 5.41) is 3.04. The molecular weight excluding hydrogens is 344 g/mol. The fourth-order valence-electron chi connectivity index (χ4n) is 3.35. The Bertz CT molecular complexity index is 728. The van der Waals surface area contributed by atoms with Gasteiger partial charge in [0.1, 0.15) is 5.75 Å². The molecule has 2 aromatic rings. The first-order valence-electron chi connectivity index (χ1n) is 8.99. The normalized spacial score (nSPS) is 14.9. The zero-order valence-corrected chi connectivity index (χ0v) is 16.2. The van der Waals surface area contributed by atoms with Crippen LogP contribution in [0.15, 0.2) is 48.5 Å². The molecule has 0 saturated carbocycles. The fourth-order valence-corrected chi connectivity index (χ4v) is 4.15. The van der Waals surface area contributed by atoms with Crippen molar-refractivity contribution in [3.8, 4) is 16.9 Å². The van der Waals surface area contributed by atoms with Crippen LogP contribution in [0.2, 0.25) is 0 Å². The Morgan fingerprint density at radius 3 is 2.54 bits per heavy atom. The van der Waals surface area contributed by atoms with Gasteiger partial charge < -0.3 is 15.0 Å². The van der Waals surface area contributed by atoms with E-state index in [2.05, 4.69) is 23.7 Å². The number of hydrogen-bond donors (Lipinski definition) is 1. The lowest BCUT2D eigenvalue weighted by molar-refractivity contribution is 0.187. The molecule has 0 radical (unpaired) electrons. The van der Waals surface area contributed by atoms with E-state index >= 15 is 0 Å². The SMILES string of the molecule is COc1ccc(-c2ccccc2)cc1NC(=O)N1CCC(CSC)CC1. The molecule has 0 atom stereocenters. The van der Waals surface area contributed by atoms with E-state index < -0.39 is 0 Å². The molecule has 0 spiro atoms. The van der Waals surface area contributed by atoms with E-state index in [1.807, 2.05) is 53.1 Å². The zero-order valence-electron chi connectivity index (χ0n) is 15.4. The van der Waals surface area contributed by atoms with E-state index in [4.69, 9.17) is 4.74 Å². The minimum Gasteiger partial charge on any atom is -0.495 e. The number of anilines is 1. The van der Waals surface area contributed by atoms with Gasteiger partial charge in [0.05, 0.1) is 12.8 Å². The van der Waals surface area contributed by atoms with Gasteiger partial charge in [-0.1, -0.05) is 36.4 Å². The largest absolute Gasteiger partial charge is 0.495 e. The van der Waals surface area contributed by atoms with E-state index in [9.17, 15) is 4.79 Å². The highest BCUT2D eigenvalue weighted by molar-refractivity contribution is 7.98. The van der Waals surface area contributed by atoms with Crippen molar-refractivity contribution in [3.05, 3.63) is 48.5 Å². The number of methoxy groups -OCH3 is 1. The van der Waals surface area contributed by atoms with Crippen LogP contribution in [0.4, 0.5) is 10.5 Å². The molecule has 1 saturated heterocycles. The summed E-state index contributed by atoms with van der Waals surface area (Å²) in [6.07, 6.45) is 4.30. The molecule has 138 valence electrons. The lowest BCUT2D eigenvalue weighted by Crippen LogP contribution is -2.41. The number of rotatable bonds is 5. The highest BCUT2D eigenvalue weighted by Crippen LogP contribution is 2.31. The number of hydrogen-bond acceptors (Lipinski definition) is 3. The average molecular weight is 371 g/mol. The Hall–Kier alpha value is -2.14. The third-order valence-electron chi connectivity index (χ3n) is 4.85. The number of piperidine rings is 1. The van der Waals surface area contributed by atoms with Gasteiger partial charge in [0, 0.05) is 13.1 Å². The quantitative estimate of drug-likeness (QED) is 0.808. The van der Waals surface area contributed by atoms with E-state index in [1.54, 1.807) is 7.11 Å². The second-order valence-electron chi connectivity index (χ2n) is 6.60. The third-order valence-corrected chi connectivity index (χ3v) is 5.66. The molecule has 0 aliphatic carbocycles. The highest BCUT2D eigenvalue weighted by Gasteiger charge is 2.23. The van der Waals surface area contributed by atoms with Crippen molar-refractivity contribution >= 4 is 23.5 Å². The highest BCUT2D eigenvalue weighted by atomic mass is 32.2. The first-order valence-corrected chi connectivity index (χ1v) is 10.4. The molecule has 2 amide bonds. The van der Waals surface area contributed by atoms with Crippen molar-refractivity contribution in [3.63, 3.8) is 0 Å². The van der Waals surface area contributed by atoms with Crippen LogP contribution in [0.25, 0.3) is 11.1 Å². The van der Waals surface area contributed by atoms with Crippen molar-refractivity contribution in [2.75, 3.05) is 37.5 Å². The van der Waals surface area contributed by atoms with Gasteiger partial charge in [-0.25, -0.2) is 4.79 Å². The van der Waals surface area contributed by atoms with Gasteiger partial charge in [0.25, 0.3) is 0 Å². The summed E-state index contributed by atoms with van der Waals surface area (Å²) >= 11 is 1.89. The molecule has 2 aromatic carbocycles. The fraction of sp³-hybridized carbons (Fsp3) is 0.381. The van der Waals surface area contributed by atoms with Crippen LogP contribution in [0.5, 0.6) is 5.75 Å². The number of nitrogens with one attached hydrogen (secondary N) is 1. The molecular formula is C21H26N2O2S. The van der Waals surface area contributed by atoms with Crippen molar-refractivity contribution < 1.29 is 9.53 Å². The summed E-state index contributed by atoms with van der Waals surface area (Å²) in [4.78, 5) is 14.6. The molecule has 0 unspecified atom stereocenters. The first kappa shape index (κ1) is 18.6. The predicted molar refractivity (Wildman–Crippen MR) is 110 cm³/mol. The van der Waals surface area contributed by atoms with Crippen LogP contribution in [0.1, 0.15) is 12.8 Å². The van der Waals surface area contributed by atoms with Crippen LogP contribution in [-0.4, -0.2) is 43.1 Å². The lowest BCUT2D eigenvalue weighted by atomic mass is 9.99. The molecule has 26 heavy (non-hydrogen) atoms. The second-order valence-corrected chi connectivity index (χ2v) is 7.51. The topological polar surface area (TPSA) is 41.6 Å². The van der Waals surface area contributed by atoms with Crippen molar-refractivity contribution in [1.29, 1.82) is 0 Å². The number of thioether (sulfide) groups is 1. The molecule has 3 rings (SSSR count). The van der Waals surface area contributed by atoms with Gasteiger partial charge >= 0.3 is 6.03 Å². The maximum absolute atomic E-state index is 12.7. The number of likely N-dealkylation sites (tertiary alicyclic amines) is 1. The molecule has 5 heteroatoms. The van der Waals surface area contributed by atoms with Crippen molar-refractivity contribution in [1.82, 2.24) is 4.90 Å². The summed E-state index contributed by atoms with van der Waals surface area (Å²) in [5.41, 5.74) is 2.88.